The summed E-state index contributed by atoms with van der Waals surface area (Å²) >= 11 is 0. The molecule has 0 saturated carbocycles. The molecule has 1 aliphatic rings. The van der Waals surface area contributed by atoms with Crippen molar-refractivity contribution in [2.24, 2.45) is 5.92 Å². The first-order valence-electron chi connectivity index (χ1n) is 11.1. The van der Waals surface area contributed by atoms with Gasteiger partial charge in [0.2, 0.25) is 11.9 Å². The molecule has 1 amide bonds. The smallest absolute Gasteiger partial charge is 0.321 e. The first-order valence-corrected chi connectivity index (χ1v) is 11.1. The predicted molar refractivity (Wildman–Crippen MR) is 125 cm³/mol. The van der Waals surface area contributed by atoms with E-state index in [0.29, 0.717) is 24.6 Å². The highest BCUT2D eigenvalue weighted by molar-refractivity contribution is 6.08. The molecule has 7 nitrogen and oxygen atoms in total. The summed E-state index contributed by atoms with van der Waals surface area (Å²) in [5.74, 6) is -1.40. The lowest BCUT2D eigenvalue weighted by Gasteiger charge is -2.37. The minimum Gasteiger partial charge on any atom is -0.465 e. The third-order valence-electron chi connectivity index (χ3n) is 5.94. The van der Waals surface area contributed by atoms with Crippen LogP contribution in [-0.2, 0) is 20.7 Å². The van der Waals surface area contributed by atoms with Crippen LogP contribution in [-0.4, -0.2) is 39.6 Å². The molecule has 2 atom stereocenters. The molecule has 3 heterocycles. The van der Waals surface area contributed by atoms with Gasteiger partial charge in [-0.3, -0.25) is 24.0 Å². The standard InChI is InChI=1S/C26H24N4O3/c1-2-33-25(32)22-23(20-13-8-9-16-27-20)30-21-14-7-6-12-19(21)28-26(30)29(24(22)31)17-15-18-10-4-3-5-11-18/h3-14,16,22-23H,2,15,17H2,1H3/t22-,23+/m1/s1. The zero-order chi connectivity index (χ0) is 22.8. The number of hydrogen-bond donors (Lipinski definition) is 0. The summed E-state index contributed by atoms with van der Waals surface area (Å²) in [7, 11) is 0. The van der Waals surface area contributed by atoms with Crippen LogP contribution in [0.3, 0.4) is 0 Å². The predicted octanol–water partition coefficient (Wildman–Crippen LogP) is 3.79. The van der Waals surface area contributed by atoms with E-state index in [1.54, 1.807) is 18.0 Å². The van der Waals surface area contributed by atoms with Crippen LogP contribution in [0.2, 0.25) is 0 Å². The first kappa shape index (κ1) is 20.9. The van der Waals surface area contributed by atoms with Gasteiger partial charge in [-0.25, -0.2) is 4.98 Å². The lowest BCUT2D eigenvalue weighted by atomic mass is 9.92. The molecular weight excluding hydrogens is 416 g/mol. The molecule has 0 spiro atoms. The van der Waals surface area contributed by atoms with E-state index in [1.165, 1.54) is 0 Å². The van der Waals surface area contributed by atoms with Crippen LogP contribution < -0.4 is 4.90 Å². The van der Waals surface area contributed by atoms with Gasteiger partial charge in [-0.1, -0.05) is 48.5 Å². The quantitative estimate of drug-likeness (QED) is 0.337. The second-order valence-electron chi connectivity index (χ2n) is 7.93. The second-order valence-corrected chi connectivity index (χ2v) is 7.93. The molecule has 0 fully saturated rings. The number of hydrogen-bond acceptors (Lipinski definition) is 5. The monoisotopic (exact) mass is 440 g/mol. The number of imidazole rings is 1. The van der Waals surface area contributed by atoms with Crippen molar-refractivity contribution in [1.29, 1.82) is 0 Å². The fourth-order valence-corrected chi connectivity index (χ4v) is 4.46. The molecule has 0 radical (unpaired) electrons. The number of carbonyl (C=O) groups excluding carboxylic acids is 2. The van der Waals surface area contributed by atoms with Gasteiger partial charge in [0.05, 0.1) is 23.3 Å². The molecule has 7 heteroatoms. The third kappa shape index (κ3) is 3.75. The van der Waals surface area contributed by atoms with Crippen molar-refractivity contribution < 1.29 is 14.3 Å². The maximum atomic E-state index is 13.8. The number of fused-ring (bicyclic) bond motifs is 3. The van der Waals surface area contributed by atoms with E-state index < -0.39 is 17.9 Å². The van der Waals surface area contributed by atoms with Crippen molar-refractivity contribution >= 4 is 28.9 Å². The molecule has 0 N–H and O–H groups in total. The van der Waals surface area contributed by atoms with E-state index in [0.717, 1.165) is 16.6 Å². The number of amides is 1. The van der Waals surface area contributed by atoms with Crippen LogP contribution in [0.5, 0.6) is 0 Å². The van der Waals surface area contributed by atoms with Crippen molar-refractivity contribution in [3.63, 3.8) is 0 Å². The minimum atomic E-state index is -1.05. The molecule has 5 rings (SSSR count). The Morgan fingerprint density at radius 2 is 1.76 bits per heavy atom. The summed E-state index contributed by atoms with van der Waals surface area (Å²) in [5, 5.41) is 0. The van der Waals surface area contributed by atoms with Crippen molar-refractivity contribution in [2.45, 2.75) is 19.4 Å². The van der Waals surface area contributed by atoms with Crippen LogP contribution >= 0.6 is 0 Å². The average Bonchev–Trinajstić information content (AvgIpc) is 3.23. The fraction of sp³-hybridized carbons (Fsp3) is 0.231. The van der Waals surface area contributed by atoms with Crippen LogP contribution in [0.25, 0.3) is 11.0 Å². The number of aromatic nitrogens is 3. The average molecular weight is 441 g/mol. The van der Waals surface area contributed by atoms with Gasteiger partial charge in [0.15, 0.2) is 5.92 Å². The maximum absolute atomic E-state index is 13.8. The Balaban J connectivity index is 1.67. The topological polar surface area (TPSA) is 77.3 Å². The van der Waals surface area contributed by atoms with Gasteiger partial charge in [0.1, 0.15) is 6.04 Å². The Kier molecular flexibility index (Phi) is 5.60. The van der Waals surface area contributed by atoms with Crippen molar-refractivity contribution in [3.05, 3.63) is 90.3 Å². The van der Waals surface area contributed by atoms with Crippen molar-refractivity contribution in [2.75, 3.05) is 18.1 Å². The number of nitrogens with zero attached hydrogens (tertiary/aromatic N) is 4. The van der Waals surface area contributed by atoms with Crippen LogP contribution in [0.15, 0.2) is 79.0 Å². The number of esters is 1. The van der Waals surface area contributed by atoms with E-state index in [-0.39, 0.29) is 12.5 Å². The molecule has 166 valence electrons. The Morgan fingerprint density at radius 3 is 2.52 bits per heavy atom. The number of pyridine rings is 1. The number of carbonyl (C=O) groups is 2. The molecule has 1 aliphatic heterocycles. The molecule has 4 aromatic rings. The lowest BCUT2D eigenvalue weighted by molar-refractivity contribution is -0.153. The van der Waals surface area contributed by atoms with Gasteiger partial charge >= 0.3 is 5.97 Å². The van der Waals surface area contributed by atoms with Gasteiger partial charge in [0.25, 0.3) is 0 Å². The normalized spacial score (nSPS) is 17.7. The van der Waals surface area contributed by atoms with Gasteiger partial charge < -0.3 is 4.74 Å². The summed E-state index contributed by atoms with van der Waals surface area (Å²) < 4.78 is 7.33. The molecule has 0 unspecified atom stereocenters. The highest BCUT2D eigenvalue weighted by Crippen LogP contribution is 2.40. The molecule has 0 saturated heterocycles. The maximum Gasteiger partial charge on any atom is 0.321 e. The number of rotatable bonds is 6. The van der Waals surface area contributed by atoms with Crippen LogP contribution in [0, 0.1) is 5.92 Å². The lowest BCUT2D eigenvalue weighted by Crippen LogP contribution is -2.50. The number of para-hydroxylation sites is 2. The summed E-state index contributed by atoms with van der Waals surface area (Å²) in [5.41, 5.74) is 3.33. The molecule has 33 heavy (non-hydrogen) atoms. The van der Waals surface area contributed by atoms with E-state index in [2.05, 4.69) is 4.98 Å². The van der Waals surface area contributed by atoms with E-state index in [9.17, 15) is 9.59 Å². The summed E-state index contributed by atoms with van der Waals surface area (Å²) in [6.45, 7) is 2.34. The molecule has 2 aromatic carbocycles. The van der Waals surface area contributed by atoms with Gasteiger partial charge in [-0.05, 0) is 43.2 Å². The van der Waals surface area contributed by atoms with Crippen LogP contribution in [0.4, 0.5) is 5.95 Å². The highest BCUT2D eigenvalue weighted by atomic mass is 16.5. The Morgan fingerprint density at radius 1 is 1.00 bits per heavy atom. The molecule has 0 bridgehead atoms. The SMILES string of the molecule is CCOC(=O)[C@H]1C(=O)N(CCc2ccccc2)c2nc3ccccc3n2[C@H]1c1ccccn1. The molecule has 0 aliphatic carbocycles. The van der Waals surface area contributed by atoms with Crippen LogP contribution in [0.1, 0.15) is 24.2 Å². The minimum absolute atomic E-state index is 0.194. The summed E-state index contributed by atoms with van der Waals surface area (Å²) in [6.07, 6.45) is 2.31. The number of benzene rings is 2. The largest absolute Gasteiger partial charge is 0.465 e. The molecule has 2 aromatic heterocycles. The van der Waals surface area contributed by atoms with Gasteiger partial charge in [-0.15, -0.1) is 0 Å². The summed E-state index contributed by atoms with van der Waals surface area (Å²) in [6, 6.07) is 22.5. The second kappa shape index (κ2) is 8.86. The Bertz CT molecular complexity index is 1290. The molecular formula is C26H24N4O3. The highest BCUT2D eigenvalue weighted by Gasteiger charge is 2.48. The van der Waals surface area contributed by atoms with Gasteiger partial charge in [-0.2, -0.15) is 0 Å². The Labute approximate surface area is 191 Å². The van der Waals surface area contributed by atoms with E-state index >= 15 is 0 Å². The van der Waals surface area contributed by atoms with E-state index in [4.69, 9.17) is 9.72 Å². The first-order chi connectivity index (χ1) is 16.2. The van der Waals surface area contributed by atoms with E-state index in [1.807, 2.05) is 77.4 Å². The van der Waals surface area contributed by atoms with Crippen molar-refractivity contribution in [3.8, 4) is 0 Å². The third-order valence-corrected chi connectivity index (χ3v) is 5.94. The van der Waals surface area contributed by atoms with Gasteiger partial charge in [0, 0.05) is 12.7 Å². The van der Waals surface area contributed by atoms with Crippen molar-refractivity contribution in [1.82, 2.24) is 14.5 Å². The zero-order valence-corrected chi connectivity index (χ0v) is 18.3. The zero-order valence-electron chi connectivity index (χ0n) is 18.3. The number of ether oxygens (including phenoxy) is 1. The Hall–Kier alpha value is -4.00. The number of anilines is 1. The fourth-order valence-electron chi connectivity index (χ4n) is 4.46. The summed E-state index contributed by atoms with van der Waals surface area (Å²) in [4.78, 5) is 37.9.